The first kappa shape index (κ1) is 27.3. The van der Waals surface area contributed by atoms with E-state index in [4.69, 9.17) is 0 Å². The van der Waals surface area contributed by atoms with Crippen LogP contribution in [0.4, 0.5) is 10.8 Å². The molecule has 200 valence electrons. The van der Waals surface area contributed by atoms with Gasteiger partial charge in [0.15, 0.2) is 5.13 Å². The molecule has 0 fully saturated rings. The Morgan fingerprint density at radius 3 is 2.48 bits per heavy atom. The molecule has 0 bridgehead atoms. The van der Waals surface area contributed by atoms with E-state index in [0.717, 1.165) is 25.6 Å². The quantitative estimate of drug-likeness (QED) is 0.131. The van der Waals surface area contributed by atoms with E-state index in [-0.39, 0.29) is 23.3 Å². The number of thiophene rings is 1. The Kier molecular flexibility index (Phi) is 8.70. The second kappa shape index (κ2) is 12.7. The highest BCUT2D eigenvalue weighted by Crippen LogP contribution is 2.27. The highest BCUT2D eigenvalue weighted by molar-refractivity contribution is 8.00. The summed E-state index contributed by atoms with van der Waals surface area (Å²) < 4.78 is 1.04. The van der Waals surface area contributed by atoms with Crippen molar-refractivity contribution >= 4 is 79.3 Å². The zero-order valence-corrected chi connectivity index (χ0v) is 23.8. The summed E-state index contributed by atoms with van der Waals surface area (Å²) in [5, 5.41) is 10.9. The number of rotatable bonds is 9. The Bertz CT molecular complexity index is 1680. The van der Waals surface area contributed by atoms with Crippen molar-refractivity contribution in [1.29, 1.82) is 0 Å². The highest BCUT2D eigenvalue weighted by Gasteiger charge is 2.15. The van der Waals surface area contributed by atoms with Crippen LogP contribution in [0.2, 0.25) is 0 Å². The molecule has 5 rings (SSSR count). The van der Waals surface area contributed by atoms with Crippen molar-refractivity contribution in [3.05, 3.63) is 112 Å². The zero-order chi connectivity index (χ0) is 27.9. The third-order valence-corrected chi connectivity index (χ3v) is 8.40. The molecule has 10 heteroatoms. The van der Waals surface area contributed by atoms with Gasteiger partial charge < -0.3 is 16.0 Å². The maximum atomic E-state index is 13.1. The molecule has 2 heterocycles. The lowest BCUT2D eigenvalue weighted by Gasteiger charge is -2.11. The number of benzene rings is 3. The molecule has 3 N–H and O–H groups in total. The number of aromatic nitrogens is 1. The van der Waals surface area contributed by atoms with Gasteiger partial charge in [-0.15, -0.1) is 23.1 Å². The third-order valence-electron chi connectivity index (χ3n) is 5.63. The van der Waals surface area contributed by atoms with Crippen molar-refractivity contribution < 1.29 is 14.4 Å². The third kappa shape index (κ3) is 7.23. The number of fused-ring (bicyclic) bond motifs is 1. The van der Waals surface area contributed by atoms with Crippen LogP contribution in [0, 0.1) is 6.92 Å². The molecule has 2 aromatic heterocycles. The molecule has 40 heavy (non-hydrogen) atoms. The number of nitrogens with one attached hydrogen (secondary N) is 3. The van der Waals surface area contributed by atoms with E-state index in [1.54, 1.807) is 42.5 Å². The lowest BCUT2D eigenvalue weighted by atomic mass is 10.2. The molecule has 0 aliphatic rings. The van der Waals surface area contributed by atoms with E-state index in [1.807, 2.05) is 54.8 Å². The van der Waals surface area contributed by atoms with Crippen molar-refractivity contribution in [2.24, 2.45) is 0 Å². The molecule has 0 unspecified atom stereocenters. The molecule has 0 spiro atoms. The highest BCUT2D eigenvalue weighted by atomic mass is 32.2. The lowest BCUT2D eigenvalue weighted by molar-refractivity contribution is -0.114. The number of hydrogen-bond acceptors (Lipinski definition) is 7. The van der Waals surface area contributed by atoms with E-state index in [0.29, 0.717) is 16.4 Å². The summed E-state index contributed by atoms with van der Waals surface area (Å²) in [6.45, 7) is 2.02. The second-order valence-corrected chi connectivity index (χ2v) is 11.8. The van der Waals surface area contributed by atoms with Crippen molar-refractivity contribution in [1.82, 2.24) is 10.3 Å². The first-order valence-electron chi connectivity index (χ1n) is 12.3. The summed E-state index contributed by atoms with van der Waals surface area (Å²) in [4.78, 5) is 44.5. The number of hydrogen-bond donors (Lipinski definition) is 3. The Morgan fingerprint density at radius 2 is 1.73 bits per heavy atom. The molecule has 0 atom stereocenters. The number of amides is 3. The summed E-state index contributed by atoms with van der Waals surface area (Å²) in [5.74, 6) is -0.733. The van der Waals surface area contributed by atoms with Crippen LogP contribution in [0.25, 0.3) is 16.3 Å². The molecule has 5 aromatic rings. The topological polar surface area (TPSA) is 100 Å². The number of nitrogens with zero attached hydrogens (tertiary/aromatic N) is 1. The first-order valence-corrected chi connectivity index (χ1v) is 14.9. The number of anilines is 2. The second-order valence-electron chi connectivity index (χ2n) is 8.70. The number of thiazole rings is 1. The Balaban J connectivity index is 1.18. The molecule has 0 radical (unpaired) electrons. The van der Waals surface area contributed by atoms with Gasteiger partial charge >= 0.3 is 0 Å². The van der Waals surface area contributed by atoms with E-state index in [1.165, 1.54) is 34.4 Å². The first-order chi connectivity index (χ1) is 19.4. The molecule has 7 nitrogen and oxygen atoms in total. The van der Waals surface area contributed by atoms with Crippen molar-refractivity contribution in [2.75, 3.05) is 16.4 Å². The normalized spacial score (nSPS) is 11.3. The Morgan fingerprint density at radius 1 is 0.925 bits per heavy atom. The fraction of sp³-hybridized carbons (Fsp3) is 0.0667. The van der Waals surface area contributed by atoms with Crippen LogP contribution in [0.5, 0.6) is 0 Å². The SMILES string of the molecule is Cc1ccc2nc(NC(=O)CSc3ccc(NC(=O)/C(=C/c4cccs4)NC(=O)c4ccccc4)cc3)sc2c1. The smallest absolute Gasteiger partial charge is 0.272 e. The van der Waals surface area contributed by atoms with Gasteiger partial charge in [-0.1, -0.05) is 41.7 Å². The summed E-state index contributed by atoms with van der Waals surface area (Å²) in [6.07, 6.45) is 1.65. The van der Waals surface area contributed by atoms with Gasteiger partial charge in [0.05, 0.1) is 16.0 Å². The van der Waals surface area contributed by atoms with Gasteiger partial charge in [-0.05, 0) is 78.5 Å². The van der Waals surface area contributed by atoms with E-state index >= 15 is 0 Å². The van der Waals surface area contributed by atoms with Gasteiger partial charge in [-0.3, -0.25) is 14.4 Å². The molecule has 0 aliphatic heterocycles. The fourth-order valence-corrected chi connectivity index (χ4v) is 6.02. The van der Waals surface area contributed by atoms with Crippen LogP contribution in [-0.4, -0.2) is 28.5 Å². The van der Waals surface area contributed by atoms with Crippen LogP contribution in [0.15, 0.2) is 101 Å². The van der Waals surface area contributed by atoms with Crippen molar-refractivity contribution in [2.45, 2.75) is 11.8 Å². The predicted octanol–water partition coefficient (Wildman–Crippen LogP) is 6.81. The monoisotopic (exact) mass is 584 g/mol. The molecule has 0 aliphatic carbocycles. The molecule has 3 aromatic carbocycles. The molecular formula is C30H24N4O3S3. The average molecular weight is 585 g/mol. The average Bonchev–Trinajstić information content (AvgIpc) is 3.62. The zero-order valence-electron chi connectivity index (χ0n) is 21.3. The standard InChI is InChI=1S/C30H24N4O3S3/c1-19-9-14-24-26(16-19)40-30(33-24)34-27(35)18-39-22-12-10-21(11-13-22)31-29(37)25(17-23-8-5-15-38-23)32-28(36)20-6-3-2-4-7-20/h2-17H,18H2,1H3,(H,31,37)(H,32,36)(H,33,34,35)/b25-17-. The van der Waals surface area contributed by atoms with E-state index in [9.17, 15) is 14.4 Å². The van der Waals surface area contributed by atoms with Gasteiger partial charge in [0.2, 0.25) is 5.91 Å². The van der Waals surface area contributed by atoms with Gasteiger partial charge in [0.25, 0.3) is 11.8 Å². The maximum absolute atomic E-state index is 13.1. The summed E-state index contributed by atoms with van der Waals surface area (Å²) in [6, 6.07) is 25.7. The Hall–Kier alpha value is -4.25. The minimum atomic E-state index is -0.441. The summed E-state index contributed by atoms with van der Waals surface area (Å²) in [7, 11) is 0. The number of aryl methyl sites for hydroxylation is 1. The molecule has 0 saturated carbocycles. The molecule has 0 saturated heterocycles. The predicted molar refractivity (Wildman–Crippen MR) is 165 cm³/mol. The summed E-state index contributed by atoms with van der Waals surface area (Å²) >= 11 is 4.30. The minimum Gasteiger partial charge on any atom is -0.321 e. The number of carbonyl (C=O) groups is 3. The van der Waals surface area contributed by atoms with Crippen LogP contribution < -0.4 is 16.0 Å². The van der Waals surface area contributed by atoms with Gasteiger partial charge in [0, 0.05) is 21.0 Å². The minimum absolute atomic E-state index is 0.136. The van der Waals surface area contributed by atoms with Gasteiger partial charge in [-0.25, -0.2) is 4.98 Å². The van der Waals surface area contributed by atoms with Crippen LogP contribution in [0.1, 0.15) is 20.8 Å². The van der Waals surface area contributed by atoms with Crippen LogP contribution in [-0.2, 0) is 9.59 Å². The lowest BCUT2D eigenvalue weighted by Crippen LogP contribution is -2.30. The molecular weight excluding hydrogens is 561 g/mol. The van der Waals surface area contributed by atoms with Crippen molar-refractivity contribution in [3.8, 4) is 0 Å². The van der Waals surface area contributed by atoms with Gasteiger partial charge in [0.1, 0.15) is 5.70 Å². The van der Waals surface area contributed by atoms with Crippen LogP contribution >= 0.6 is 34.4 Å². The largest absolute Gasteiger partial charge is 0.321 e. The van der Waals surface area contributed by atoms with Crippen molar-refractivity contribution in [3.63, 3.8) is 0 Å². The number of carbonyl (C=O) groups excluding carboxylic acids is 3. The van der Waals surface area contributed by atoms with Gasteiger partial charge in [-0.2, -0.15) is 0 Å². The summed E-state index contributed by atoms with van der Waals surface area (Å²) in [5.41, 5.74) is 3.17. The van der Waals surface area contributed by atoms with Crippen LogP contribution in [0.3, 0.4) is 0 Å². The maximum Gasteiger partial charge on any atom is 0.272 e. The van der Waals surface area contributed by atoms with E-state index < -0.39 is 5.91 Å². The molecule has 3 amide bonds. The number of thioether (sulfide) groups is 1. The Labute approximate surface area is 243 Å². The van der Waals surface area contributed by atoms with E-state index in [2.05, 4.69) is 27.0 Å². The fourth-order valence-electron chi connectivity index (χ4n) is 3.68.